The van der Waals surface area contributed by atoms with Crippen LogP contribution in [0.15, 0.2) is 36.4 Å². The van der Waals surface area contributed by atoms with Gasteiger partial charge in [-0.05, 0) is 43.2 Å². The summed E-state index contributed by atoms with van der Waals surface area (Å²) in [7, 11) is 2.06. The number of rotatable bonds is 5. The van der Waals surface area contributed by atoms with Crippen molar-refractivity contribution >= 4 is 11.5 Å². The van der Waals surface area contributed by atoms with E-state index >= 15 is 0 Å². The van der Waals surface area contributed by atoms with Gasteiger partial charge in [-0.3, -0.25) is 0 Å². The number of aromatic nitrogens is 1. The summed E-state index contributed by atoms with van der Waals surface area (Å²) in [5.74, 6) is 0.978. The lowest BCUT2D eigenvalue weighted by molar-refractivity contribution is 0.586. The number of pyridine rings is 1. The van der Waals surface area contributed by atoms with Gasteiger partial charge in [-0.15, -0.1) is 0 Å². The number of aryl methyl sites for hydroxylation is 2. The summed E-state index contributed by atoms with van der Waals surface area (Å²) in [5, 5.41) is 3.44. The molecule has 0 bridgehead atoms. The first-order valence-corrected chi connectivity index (χ1v) is 7.47. The number of hydrogen-bond acceptors (Lipinski definition) is 3. The third-order valence-corrected chi connectivity index (χ3v) is 3.61. The molecule has 21 heavy (non-hydrogen) atoms. The minimum Gasteiger partial charge on any atom is -0.329 e. The van der Waals surface area contributed by atoms with Crippen LogP contribution in [0.5, 0.6) is 0 Å². The van der Waals surface area contributed by atoms with Gasteiger partial charge in [0.05, 0.1) is 0 Å². The van der Waals surface area contributed by atoms with E-state index in [0.29, 0.717) is 6.04 Å². The van der Waals surface area contributed by atoms with E-state index in [0.717, 1.165) is 23.7 Å². The molecule has 0 spiro atoms. The summed E-state index contributed by atoms with van der Waals surface area (Å²) < 4.78 is 0. The molecule has 3 heteroatoms. The molecule has 1 heterocycles. The Balaban J connectivity index is 2.19. The van der Waals surface area contributed by atoms with Crippen molar-refractivity contribution in [3.63, 3.8) is 0 Å². The van der Waals surface area contributed by atoms with E-state index in [-0.39, 0.29) is 0 Å². The molecule has 112 valence electrons. The van der Waals surface area contributed by atoms with E-state index in [1.54, 1.807) is 0 Å². The predicted octanol–water partition coefficient (Wildman–Crippen LogP) is 3.96. The first-order chi connectivity index (χ1) is 9.97. The van der Waals surface area contributed by atoms with E-state index in [9.17, 15) is 0 Å². The van der Waals surface area contributed by atoms with Gasteiger partial charge in [-0.2, -0.15) is 0 Å². The van der Waals surface area contributed by atoms with Crippen LogP contribution >= 0.6 is 0 Å². The van der Waals surface area contributed by atoms with Gasteiger partial charge in [0, 0.05) is 31.0 Å². The molecule has 0 aliphatic rings. The molecule has 1 aromatic carbocycles. The maximum absolute atomic E-state index is 4.74. The Bertz CT molecular complexity index is 605. The molecule has 3 nitrogen and oxygen atoms in total. The van der Waals surface area contributed by atoms with E-state index in [4.69, 9.17) is 4.98 Å². The van der Waals surface area contributed by atoms with Crippen molar-refractivity contribution in [1.29, 1.82) is 0 Å². The van der Waals surface area contributed by atoms with Crippen LogP contribution in [0.25, 0.3) is 0 Å². The number of hydrogen-bond donors (Lipinski definition) is 1. The van der Waals surface area contributed by atoms with Gasteiger partial charge >= 0.3 is 0 Å². The summed E-state index contributed by atoms with van der Waals surface area (Å²) in [4.78, 5) is 6.87. The summed E-state index contributed by atoms with van der Waals surface area (Å²) in [5.41, 5.74) is 4.76. The Hall–Kier alpha value is -1.87. The second-order valence-corrected chi connectivity index (χ2v) is 5.85. The molecular formula is C18H25N3. The van der Waals surface area contributed by atoms with E-state index < -0.39 is 0 Å². The zero-order valence-corrected chi connectivity index (χ0v) is 13.6. The summed E-state index contributed by atoms with van der Waals surface area (Å²) in [6, 6.07) is 13.2. The van der Waals surface area contributed by atoms with E-state index in [2.05, 4.69) is 81.4 Å². The lowest BCUT2D eigenvalue weighted by Gasteiger charge is -2.20. The Labute approximate surface area is 128 Å². The van der Waals surface area contributed by atoms with Crippen LogP contribution in [0.3, 0.4) is 0 Å². The van der Waals surface area contributed by atoms with Crippen molar-refractivity contribution in [3.8, 4) is 0 Å². The molecule has 0 aliphatic heterocycles. The Morgan fingerprint density at radius 1 is 1.14 bits per heavy atom. The number of nitrogens with zero attached hydrogens (tertiary/aromatic N) is 2. The molecule has 0 fully saturated rings. The predicted molar refractivity (Wildman–Crippen MR) is 90.2 cm³/mol. The number of anilines is 2. The fourth-order valence-electron chi connectivity index (χ4n) is 2.23. The van der Waals surface area contributed by atoms with Crippen LogP contribution in [-0.2, 0) is 6.54 Å². The third kappa shape index (κ3) is 4.05. The van der Waals surface area contributed by atoms with Crippen molar-refractivity contribution in [2.75, 3.05) is 11.9 Å². The summed E-state index contributed by atoms with van der Waals surface area (Å²) in [6.45, 7) is 9.36. The van der Waals surface area contributed by atoms with Crippen LogP contribution in [0.4, 0.5) is 11.5 Å². The lowest BCUT2D eigenvalue weighted by atomic mass is 10.1. The second kappa shape index (κ2) is 6.72. The Morgan fingerprint density at radius 2 is 1.90 bits per heavy atom. The highest BCUT2D eigenvalue weighted by Gasteiger charge is 2.08. The maximum atomic E-state index is 4.74. The fraction of sp³-hybridized carbons (Fsp3) is 0.389. The normalized spacial score (nSPS) is 11.0. The van der Waals surface area contributed by atoms with Gasteiger partial charge < -0.3 is 10.2 Å². The first-order valence-electron chi connectivity index (χ1n) is 7.47. The molecule has 2 aromatic rings. The van der Waals surface area contributed by atoms with Gasteiger partial charge in [-0.1, -0.05) is 32.0 Å². The zero-order chi connectivity index (χ0) is 15.4. The van der Waals surface area contributed by atoms with Crippen LogP contribution in [0, 0.1) is 13.8 Å². The standard InChI is InChI=1S/C18H25N3/c1-13(2)19-12-16-9-10-18(20-15(16)4)21(5)17-8-6-7-14(3)11-17/h6-11,13,19H,12H2,1-5H3. The van der Waals surface area contributed by atoms with Crippen LogP contribution < -0.4 is 10.2 Å². The molecular weight excluding hydrogens is 258 g/mol. The van der Waals surface area contributed by atoms with Crippen molar-refractivity contribution in [3.05, 3.63) is 53.2 Å². The molecule has 0 radical (unpaired) electrons. The molecule has 0 atom stereocenters. The monoisotopic (exact) mass is 283 g/mol. The number of nitrogens with one attached hydrogen (secondary N) is 1. The SMILES string of the molecule is Cc1cccc(N(C)c2ccc(CNC(C)C)c(C)n2)c1. The molecule has 2 rings (SSSR count). The summed E-state index contributed by atoms with van der Waals surface area (Å²) >= 11 is 0. The van der Waals surface area contributed by atoms with Gasteiger partial charge in [0.15, 0.2) is 0 Å². The largest absolute Gasteiger partial charge is 0.329 e. The van der Waals surface area contributed by atoms with Crippen LogP contribution in [0.1, 0.15) is 30.7 Å². The Morgan fingerprint density at radius 3 is 2.52 bits per heavy atom. The van der Waals surface area contributed by atoms with Crippen molar-refractivity contribution < 1.29 is 0 Å². The highest BCUT2D eigenvalue weighted by molar-refractivity contribution is 5.60. The Kier molecular flexibility index (Phi) is 4.97. The maximum Gasteiger partial charge on any atom is 0.132 e. The highest BCUT2D eigenvalue weighted by atomic mass is 15.2. The molecule has 0 saturated carbocycles. The third-order valence-electron chi connectivity index (χ3n) is 3.61. The van der Waals surface area contributed by atoms with E-state index in [1.807, 2.05) is 0 Å². The lowest BCUT2D eigenvalue weighted by Crippen LogP contribution is -2.22. The summed E-state index contributed by atoms with van der Waals surface area (Å²) in [6.07, 6.45) is 0. The minimum atomic E-state index is 0.485. The smallest absolute Gasteiger partial charge is 0.132 e. The molecule has 1 N–H and O–H groups in total. The fourth-order valence-corrected chi connectivity index (χ4v) is 2.23. The van der Waals surface area contributed by atoms with Gasteiger partial charge in [0.2, 0.25) is 0 Å². The molecule has 0 amide bonds. The molecule has 0 saturated heterocycles. The molecule has 1 aromatic heterocycles. The first kappa shape index (κ1) is 15.5. The quantitative estimate of drug-likeness (QED) is 0.900. The highest BCUT2D eigenvalue weighted by Crippen LogP contribution is 2.23. The zero-order valence-electron chi connectivity index (χ0n) is 13.6. The van der Waals surface area contributed by atoms with Crippen molar-refractivity contribution in [2.45, 2.75) is 40.3 Å². The average molecular weight is 283 g/mol. The average Bonchev–Trinajstić information content (AvgIpc) is 2.45. The second-order valence-electron chi connectivity index (χ2n) is 5.85. The number of benzene rings is 1. The van der Waals surface area contributed by atoms with Gasteiger partial charge in [0.25, 0.3) is 0 Å². The molecule has 0 aliphatic carbocycles. The van der Waals surface area contributed by atoms with Gasteiger partial charge in [-0.25, -0.2) is 4.98 Å². The van der Waals surface area contributed by atoms with Gasteiger partial charge in [0.1, 0.15) is 5.82 Å². The topological polar surface area (TPSA) is 28.2 Å². The van der Waals surface area contributed by atoms with Crippen LogP contribution in [0.2, 0.25) is 0 Å². The molecule has 0 unspecified atom stereocenters. The van der Waals surface area contributed by atoms with Crippen molar-refractivity contribution in [1.82, 2.24) is 10.3 Å². The van der Waals surface area contributed by atoms with Crippen LogP contribution in [-0.4, -0.2) is 18.1 Å². The van der Waals surface area contributed by atoms with E-state index in [1.165, 1.54) is 11.1 Å². The van der Waals surface area contributed by atoms with Crippen molar-refractivity contribution in [2.24, 2.45) is 0 Å². The minimum absolute atomic E-state index is 0.485.